The number of hydrogen-bond acceptors (Lipinski definition) is 6. The largest absolute Gasteiger partial charge is 0.304 e. The third-order valence-electron chi connectivity index (χ3n) is 5.07. The third kappa shape index (κ3) is 6.03. The van der Waals surface area contributed by atoms with E-state index in [9.17, 15) is 18.5 Å². The monoisotopic (exact) mass is 383 g/mol. The predicted molar refractivity (Wildman–Crippen MR) is 103 cm³/mol. The molecule has 0 saturated carbocycles. The van der Waals surface area contributed by atoms with Gasteiger partial charge in [-0.25, -0.2) is 8.42 Å². The Morgan fingerprint density at radius 2 is 1.81 bits per heavy atom. The number of nitrogens with zero attached hydrogens (tertiary/aromatic N) is 3. The Hall–Kier alpha value is -1.51. The predicted octanol–water partition coefficient (Wildman–Crippen LogP) is 2.32. The molecule has 0 aliphatic carbocycles. The van der Waals surface area contributed by atoms with E-state index in [1.54, 1.807) is 12.1 Å². The summed E-state index contributed by atoms with van der Waals surface area (Å²) in [7, 11) is -2.94. The zero-order chi connectivity index (χ0) is 19.2. The maximum atomic E-state index is 11.9. The molecule has 1 aliphatic heterocycles. The molecule has 7 nitrogen and oxygen atoms in total. The lowest BCUT2D eigenvalue weighted by atomic mass is 10.1. The second-order valence-electron chi connectivity index (χ2n) is 6.83. The highest BCUT2D eigenvalue weighted by molar-refractivity contribution is 7.91. The molecule has 1 aromatic carbocycles. The molecule has 1 aliphatic rings. The Bertz CT molecular complexity index is 687. The van der Waals surface area contributed by atoms with E-state index < -0.39 is 14.8 Å². The summed E-state index contributed by atoms with van der Waals surface area (Å²) in [4.78, 5) is 15.0. The Labute approximate surface area is 156 Å². The van der Waals surface area contributed by atoms with Crippen molar-refractivity contribution in [1.29, 1.82) is 0 Å². The zero-order valence-electron chi connectivity index (χ0n) is 15.6. The lowest BCUT2D eigenvalue weighted by molar-refractivity contribution is -0.384. The van der Waals surface area contributed by atoms with Crippen molar-refractivity contribution in [2.75, 3.05) is 37.7 Å². The first-order valence-corrected chi connectivity index (χ1v) is 11.1. The molecule has 1 atom stereocenters. The van der Waals surface area contributed by atoms with Crippen LogP contribution in [-0.2, 0) is 16.4 Å². The minimum Gasteiger partial charge on any atom is -0.304 e. The van der Waals surface area contributed by atoms with Crippen LogP contribution in [0.15, 0.2) is 24.3 Å². The van der Waals surface area contributed by atoms with Crippen LogP contribution < -0.4 is 0 Å². The van der Waals surface area contributed by atoms with E-state index in [-0.39, 0.29) is 23.2 Å². The van der Waals surface area contributed by atoms with Crippen LogP contribution in [0, 0.1) is 10.1 Å². The summed E-state index contributed by atoms with van der Waals surface area (Å²) >= 11 is 0. The second-order valence-corrected chi connectivity index (χ2v) is 9.06. The first-order chi connectivity index (χ1) is 12.3. The Balaban J connectivity index is 2.03. The van der Waals surface area contributed by atoms with Gasteiger partial charge < -0.3 is 4.90 Å². The average Bonchev–Trinajstić information content (AvgIpc) is 2.98. The summed E-state index contributed by atoms with van der Waals surface area (Å²) in [5.41, 5.74) is 1.05. The molecular weight excluding hydrogens is 354 g/mol. The van der Waals surface area contributed by atoms with Crippen LogP contribution in [-0.4, -0.2) is 66.9 Å². The topological polar surface area (TPSA) is 83.8 Å². The number of non-ortho nitro benzene ring substituents is 1. The fraction of sp³-hybridized carbons (Fsp3) is 0.667. The molecule has 1 fully saturated rings. The zero-order valence-corrected chi connectivity index (χ0v) is 16.5. The summed E-state index contributed by atoms with van der Waals surface area (Å²) in [6, 6.07) is 6.58. The van der Waals surface area contributed by atoms with Gasteiger partial charge in [-0.05, 0) is 38.0 Å². The van der Waals surface area contributed by atoms with Crippen molar-refractivity contribution in [1.82, 2.24) is 9.80 Å². The minimum absolute atomic E-state index is 0.0342. The molecule has 0 radical (unpaired) electrons. The first-order valence-electron chi connectivity index (χ1n) is 9.24. The van der Waals surface area contributed by atoms with Gasteiger partial charge in [0.05, 0.1) is 16.4 Å². The number of nitro groups is 1. The van der Waals surface area contributed by atoms with Gasteiger partial charge in [0.2, 0.25) is 0 Å². The normalized spacial score (nSPS) is 19.3. The van der Waals surface area contributed by atoms with Gasteiger partial charge in [-0.3, -0.25) is 15.0 Å². The number of nitro benzene ring substituents is 1. The quantitative estimate of drug-likeness (QED) is 0.455. The van der Waals surface area contributed by atoms with Gasteiger partial charge in [0.1, 0.15) is 0 Å². The molecule has 0 bridgehead atoms. The van der Waals surface area contributed by atoms with Crippen molar-refractivity contribution in [3.63, 3.8) is 0 Å². The summed E-state index contributed by atoms with van der Waals surface area (Å²) in [6.07, 6.45) is 1.64. The maximum Gasteiger partial charge on any atom is 0.269 e. The highest BCUT2D eigenvalue weighted by atomic mass is 32.2. The Kier molecular flexibility index (Phi) is 7.55. The maximum absolute atomic E-state index is 11.9. The van der Waals surface area contributed by atoms with Gasteiger partial charge in [0.25, 0.3) is 5.69 Å². The highest BCUT2D eigenvalue weighted by Crippen LogP contribution is 2.21. The van der Waals surface area contributed by atoms with Gasteiger partial charge in [0, 0.05) is 31.3 Å². The number of benzene rings is 1. The van der Waals surface area contributed by atoms with Gasteiger partial charge in [0.15, 0.2) is 9.84 Å². The molecule has 0 spiro atoms. The fourth-order valence-corrected chi connectivity index (χ4v) is 5.21. The van der Waals surface area contributed by atoms with Crippen molar-refractivity contribution >= 4 is 15.5 Å². The van der Waals surface area contributed by atoms with Gasteiger partial charge >= 0.3 is 0 Å². The van der Waals surface area contributed by atoms with Crippen molar-refractivity contribution in [2.24, 2.45) is 0 Å². The van der Waals surface area contributed by atoms with Crippen LogP contribution in [0.2, 0.25) is 0 Å². The third-order valence-corrected chi connectivity index (χ3v) is 6.82. The highest BCUT2D eigenvalue weighted by Gasteiger charge is 2.32. The fourth-order valence-electron chi connectivity index (χ4n) is 3.45. The Morgan fingerprint density at radius 1 is 1.15 bits per heavy atom. The van der Waals surface area contributed by atoms with Crippen molar-refractivity contribution in [2.45, 2.75) is 39.3 Å². The molecule has 1 saturated heterocycles. The lowest BCUT2D eigenvalue weighted by Gasteiger charge is -2.29. The van der Waals surface area contributed by atoms with Gasteiger partial charge in [-0.1, -0.05) is 26.0 Å². The number of sulfone groups is 1. The molecule has 1 aromatic rings. The summed E-state index contributed by atoms with van der Waals surface area (Å²) in [5.74, 6) is 0.468. The van der Waals surface area contributed by atoms with Crippen molar-refractivity contribution < 1.29 is 13.3 Å². The van der Waals surface area contributed by atoms with Crippen LogP contribution >= 0.6 is 0 Å². The number of hydrogen-bond donors (Lipinski definition) is 0. The van der Waals surface area contributed by atoms with Crippen molar-refractivity contribution in [3.05, 3.63) is 39.9 Å². The SMILES string of the molecule is CCN(CC)CCCN(Cc1ccc([N+](=O)[O-])cc1)[C@@H]1CCS(=O)(=O)C1. The molecule has 26 heavy (non-hydrogen) atoms. The van der Waals surface area contributed by atoms with E-state index in [2.05, 4.69) is 23.6 Å². The minimum atomic E-state index is -2.94. The number of rotatable bonds is 10. The Morgan fingerprint density at radius 3 is 2.31 bits per heavy atom. The van der Waals surface area contributed by atoms with E-state index in [0.29, 0.717) is 13.0 Å². The molecule has 2 rings (SSSR count). The standard InChI is InChI=1S/C18H29N3O4S/c1-3-19(4-2)11-5-12-20(18-10-13-26(24,25)15-18)14-16-6-8-17(9-7-16)21(22)23/h6-9,18H,3-5,10-15H2,1-2H3/t18-/m1/s1. The first kappa shape index (κ1) is 20.8. The van der Waals surface area contributed by atoms with E-state index in [0.717, 1.165) is 38.2 Å². The van der Waals surface area contributed by atoms with Crippen LogP contribution in [0.1, 0.15) is 32.3 Å². The molecule has 8 heteroatoms. The molecule has 0 unspecified atom stereocenters. The molecule has 0 amide bonds. The van der Waals surface area contributed by atoms with E-state index in [1.807, 2.05) is 0 Å². The molecule has 1 heterocycles. The van der Waals surface area contributed by atoms with Crippen molar-refractivity contribution in [3.8, 4) is 0 Å². The molecular formula is C18H29N3O4S. The van der Waals surface area contributed by atoms with Gasteiger partial charge in [-0.15, -0.1) is 0 Å². The second kappa shape index (κ2) is 9.43. The summed E-state index contributed by atoms with van der Waals surface area (Å²) in [6.45, 7) is 8.74. The summed E-state index contributed by atoms with van der Waals surface area (Å²) < 4.78 is 23.8. The lowest BCUT2D eigenvalue weighted by Crippen LogP contribution is -2.38. The van der Waals surface area contributed by atoms with Crippen LogP contribution in [0.3, 0.4) is 0 Å². The summed E-state index contributed by atoms with van der Waals surface area (Å²) in [5, 5.41) is 10.8. The molecule has 146 valence electrons. The molecule has 0 aromatic heterocycles. The van der Waals surface area contributed by atoms with E-state index in [1.165, 1.54) is 12.1 Å². The smallest absolute Gasteiger partial charge is 0.269 e. The van der Waals surface area contributed by atoms with E-state index in [4.69, 9.17) is 0 Å². The van der Waals surface area contributed by atoms with Crippen LogP contribution in [0.25, 0.3) is 0 Å². The van der Waals surface area contributed by atoms with Crippen LogP contribution in [0.5, 0.6) is 0 Å². The molecule has 0 N–H and O–H groups in total. The van der Waals surface area contributed by atoms with E-state index >= 15 is 0 Å². The average molecular weight is 384 g/mol. The van der Waals surface area contributed by atoms with Crippen LogP contribution in [0.4, 0.5) is 5.69 Å². The van der Waals surface area contributed by atoms with Gasteiger partial charge in [-0.2, -0.15) is 0 Å².